The third kappa shape index (κ3) is 8.80. The van der Waals surface area contributed by atoms with Crippen molar-refractivity contribution in [3.8, 4) is 11.4 Å². The zero-order valence-electron chi connectivity index (χ0n) is 28.9. The van der Waals surface area contributed by atoms with E-state index in [0.717, 1.165) is 39.5 Å². The molecule has 0 unspecified atom stereocenters. The van der Waals surface area contributed by atoms with E-state index in [9.17, 15) is 22.7 Å². The number of aromatic nitrogens is 2. The number of hydrogen-bond donors (Lipinski definition) is 1. The van der Waals surface area contributed by atoms with E-state index in [1.807, 2.05) is 51.7 Å². The lowest BCUT2D eigenvalue weighted by molar-refractivity contribution is -0.870. The van der Waals surface area contributed by atoms with E-state index >= 15 is 4.39 Å². The normalized spacial score (nSPS) is 13.1. The minimum Gasteiger partial charge on any atom is -0.495 e. The molecule has 0 amide bonds. The second kappa shape index (κ2) is 15.6. The van der Waals surface area contributed by atoms with Gasteiger partial charge >= 0.3 is 5.97 Å². The fourth-order valence-corrected chi connectivity index (χ4v) is 8.49. The second-order valence-corrected chi connectivity index (χ2v) is 17.2. The van der Waals surface area contributed by atoms with Gasteiger partial charge in [-0.3, -0.25) is 9.36 Å². The zero-order chi connectivity index (χ0) is 37.2. The van der Waals surface area contributed by atoms with Crippen LogP contribution in [0.2, 0.25) is 10.0 Å². The number of rotatable bonds is 15. The Morgan fingerprint density at radius 2 is 1.74 bits per heavy atom. The molecule has 0 spiro atoms. The molecule has 0 saturated carbocycles. The number of methoxy groups -OCH3 is 1. The fraction of sp³-hybridized carbons (Fsp3) is 0.371. The minimum atomic E-state index is -4.42. The molecule has 1 heterocycles. The van der Waals surface area contributed by atoms with Crippen molar-refractivity contribution in [3.05, 3.63) is 99.3 Å². The first-order valence-corrected chi connectivity index (χ1v) is 18.8. The number of sulfonamides is 1. The van der Waals surface area contributed by atoms with Gasteiger partial charge in [0.15, 0.2) is 5.16 Å². The summed E-state index contributed by atoms with van der Waals surface area (Å²) in [4.78, 5) is 16.3. The minimum absolute atomic E-state index is 0.0313. The highest BCUT2D eigenvalue weighted by atomic mass is 35.5. The van der Waals surface area contributed by atoms with Crippen LogP contribution in [0.25, 0.3) is 5.69 Å². The molecule has 1 atom stereocenters. The highest BCUT2D eigenvalue weighted by Crippen LogP contribution is 2.40. The quantitative estimate of drug-likeness (QED) is 0.0980. The summed E-state index contributed by atoms with van der Waals surface area (Å²) in [5, 5.41) is 10.6. The van der Waals surface area contributed by atoms with Crippen LogP contribution in [0, 0.1) is 11.6 Å². The Morgan fingerprint density at radius 3 is 2.32 bits per heavy atom. The van der Waals surface area contributed by atoms with E-state index < -0.39 is 44.0 Å². The number of carboxylic acid groups (broad SMARTS) is 1. The third-order valence-electron chi connectivity index (χ3n) is 8.50. The zero-order valence-corrected chi connectivity index (χ0v) is 32.0. The van der Waals surface area contributed by atoms with Crippen LogP contribution in [0.4, 0.5) is 8.78 Å². The van der Waals surface area contributed by atoms with E-state index in [4.69, 9.17) is 27.9 Å². The van der Waals surface area contributed by atoms with Gasteiger partial charge in [-0.25, -0.2) is 22.2 Å². The summed E-state index contributed by atoms with van der Waals surface area (Å²) in [5.74, 6) is -2.12. The lowest BCUT2D eigenvalue weighted by atomic mass is 9.81. The van der Waals surface area contributed by atoms with Crippen LogP contribution in [0.5, 0.6) is 5.75 Å². The summed E-state index contributed by atoms with van der Waals surface area (Å²) in [6, 6.07) is 12.0. The molecule has 0 saturated heterocycles. The van der Waals surface area contributed by atoms with Crippen molar-refractivity contribution in [2.75, 3.05) is 41.8 Å². The van der Waals surface area contributed by atoms with Gasteiger partial charge in [0.1, 0.15) is 23.4 Å². The predicted octanol–water partition coefficient (Wildman–Crippen LogP) is 7.64. The van der Waals surface area contributed by atoms with Crippen molar-refractivity contribution in [1.29, 1.82) is 0 Å². The standard InChI is InChI=1S/C35H40Cl2F2N4O5S2/c1-35(2,22-10-15-27(36)31(17-22)48-7)32-20-40-34(42(32)24-13-11-23(38)12-14-24)49-21-26-28(37)18-25(19-29(26)39)50(46,47)41(3)30(33(44)45)9-8-16-43(4,5)6/h10-15,17-20,30H,8-9,16,21H2,1-7H3/p+1/t30-/m1/s1. The van der Waals surface area contributed by atoms with Gasteiger partial charge < -0.3 is 14.3 Å². The molecule has 270 valence electrons. The number of benzene rings is 3. The summed E-state index contributed by atoms with van der Waals surface area (Å²) in [5.41, 5.74) is 1.59. The van der Waals surface area contributed by atoms with Crippen molar-refractivity contribution < 1.29 is 36.3 Å². The van der Waals surface area contributed by atoms with Crippen molar-refractivity contribution in [2.24, 2.45) is 0 Å². The number of imidazole rings is 1. The summed E-state index contributed by atoms with van der Waals surface area (Å²) in [6.45, 7) is 4.62. The molecule has 50 heavy (non-hydrogen) atoms. The van der Waals surface area contributed by atoms with Crippen molar-refractivity contribution >= 4 is 51.0 Å². The Labute approximate surface area is 306 Å². The Morgan fingerprint density at radius 1 is 1.08 bits per heavy atom. The fourth-order valence-electron chi connectivity index (χ4n) is 5.47. The van der Waals surface area contributed by atoms with Gasteiger partial charge in [-0.2, -0.15) is 4.31 Å². The summed E-state index contributed by atoms with van der Waals surface area (Å²) >= 11 is 14.0. The maximum absolute atomic E-state index is 15.7. The van der Waals surface area contributed by atoms with Gasteiger partial charge in [-0.05, 0) is 66.9 Å². The molecule has 0 aliphatic carbocycles. The molecule has 15 heteroatoms. The summed E-state index contributed by atoms with van der Waals surface area (Å²) < 4.78 is 65.3. The van der Waals surface area contributed by atoms with Gasteiger partial charge in [-0.15, -0.1) is 0 Å². The van der Waals surface area contributed by atoms with Crippen LogP contribution in [-0.2, 0) is 26.0 Å². The van der Waals surface area contributed by atoms with Crippen LogP contribution in [-0.4, -0.2) is 85.7 Å². The molecular weight excluding hydrogens is 729 g/mol. The Balaban J connectivity index is 1.66. The molecule has 3 aromatic carbocycles. The number of aliphatic carboxylic acids is 1. The number of carboxylic acids is 1. The van der Waals surface area contributed by atoms with Crippen molar-refractivity contribution in [3.63, 3.8) is 0 Å². The molecule has 4 aromatic rings. The number of halogens is 4. The molecule has 0 radical (unpaired) electrons. The maximum atomic E-state index is 15.7. The first kappa shape index (κ1) is 39.6. The lowest BCUT2D eigenvalue weighted by Crippen LogP contribution is -2.43. The van der Waals surface area contributed by atoms with Crippen LogP contribution >= 0.6 is 35.0 Å². The molecule has 1 aromatic heterocycles. The van der Waals surface area contributed by atoms with E-state index in [-0.39, 0.29) is 22.8 Å². The Hall–Kier alpha value is -3.20. The molecular formula is C35H41Cl2F2N4O5S2+. The van der Waals surface area contributed by atoms with E-state index in [0.29, 0.717) is 39.1 Å². The van der Waals surface area contributed by atoms with Crippen molar-refractivity contribution in [2.45, 2.75) is 54.0 Å². The van der Waals surface area contributed by atoms with Crippen molar-refractivity contribution in [1.82, 2.24) is 13.9 Å². The highest BCUT2D eigenvalue weighted by molar-refractivity contribution is 7.98. The van der Waals surface area contributed by atoms with E-state index in [1.54, 1.807) is 24.4 Å². The van der Waals surface area contributed by atoms with Crippen LogP contribution < -0.4 is 4.74 Å². The monoisotopic (exact) mass is 769 g/mol. The molecule has 9 nitrogen and oxygen atoms in total. The van der Waals surface area contributed by atoms with Gasteiger partial charge in [0.25, 0.3) is 0 Å². The van der Waals surface area contributed by atoms with Gasteiger partial charge in [0.05, 0.1) is 56.6 Å². The van der Waals surface area contributed by atoms with Crippen LogP contribution in [0.3, 0.4) is 0 Å². The largest absolute Gasteiger partial charge is 0.495 e. The molecule has 0 aliphatic rings. The van der Waals surface area contributed by atoms with E-state index in [2.05, 4.69) is 4.98 Å². The highest BCUT2D eigenvalue weighted by Gasteiger charge is 2.34. The molecule has 4 rings (SSSR count). The number of ether oxygens (including phenoxy) is 1. The Bertz CT molecular complexity index is 1940. The van der Waals surface area contributed by atoms with Gasteiger partial charge in [0.2, 0.25) is 10.0 Å². The number of thioether (sulfide) groups is 1. The molecule has 0 aliphatic heterocycles. The van der Waals surface area contributed by atoms with E-state index in [1.165, 1.54) is 26.3 Å². The Kier molecular flexibility index (Phi) is 12.3. The number of carbonyl (C=O) groups is 1. The van der Waals surface area contributed by atoms with Gasteiger partial charge in [-0.1, -0.05) is 54.9 Å². The average molecular weight is 771 g/mol. The SMILES string of the molecule is COc1cc(C(C)(C)c2cnc(SCc3c(F)cc(S(=O)(=O)N(C)[C@H](CCC[N+](C)(C)C)C(=O)O)cc3Cl)n2-c2ccc(F)cc2)ccc1Cl. The third-order valence-corrected chi connectivity index (χ3v) is 12.0. The second-order valence-electron chi connectivity index (χ2n) is 13.4. The number of likely N-dealkylation sites (N-methyl/N-ethyl adjacent to an activating group) is 1. The number of quaternary nitrogens is 1. The summed E-state index contributed by atoms with van der Waals surface area (Å²) in [7, 11) is 4.14. The van der Waals surface area contributed by atoms with Crippen LogP contribution in [0.15, 0.2) is 70.8 Å². The average Bonchev–Trinajstić information content (AvgIpc) is 3.47. The first-order chi connectivity index (χ1) is 23.3. The van der Waals surface area contributed by atoms with Crippen LogP contribution in [0.1, 0.15) is 43.5 Å². The molecule has 0 bridgehead atoms. The predicted molar refractivity (Wildman–Crippen MR) is 193 cm³/mol. The van der Waals surface area contributed by atoms with Gasteiger partial charge in [0, 0.05) is 34.5 Å². The lowest BCUT2D eigenvalue weighted by Gasteiger charge is -2.28. The topological polar surface area (TPSA) is 102 Å². The maximum Gasteiger partial charge on any atom is 0.322 e. The molecule has 0 fully saturated rings. The number of nitrogens with zero attached hydrogens (tertiary/aromatic N) is 4. The summed E-state index contributed by atoms with van der Waals surface area (Å²) in [6.07, 6.45) is 2.23. The first-order valence-electron chi connectivity index (χ1n) is 15.6. The molecule has 1 N–H and O–H groups in total. The number of hydrogen-bond acceptors (Lipinski definition) is 6. The smallest absolute Gasteiger partial charge is 0.322 e.